The first-order valence-electron chi connectivity index (χ1n) is 19.8. The summed E-state index contributed by atoms with van der Waals surface area (Å²) >= 11 is 0. The Balaban J connectivity index is 0.000000194. The summed E-state index contributed by atoms with van der Waals surface area (Å²) in [7, 11) is -1.39. The van der Waals surface area contributed by atoms with Crippen LogP contribution in [-0.4, -0.2) is 18.0 Å². The van der Waals surface area contributed by atoms with E-state index in [-0.39, 0.29) is 20.1 Å². The summed E-state index contributed by atoms with van der Waals surface area (Å²) in [6, 6.07) is 45.1. The van der Waals surface area contributed by atoms with Gasteiger partial charge in [0.15, 0.2) is 0 Å². The zero-order chi connectivity index (χ0) is 39.7. The maximum atomic E-state index is 6.43. The number of fused-ring (bicyclic) bond motifs is 3. The SMILES string of the molecule is CC(C)c1cc(-c2[c-]cc(-c3ccccc3)cc2)ncc1[Si](C)(C)C.Cc1cc(C)c(-c2ccc3c(c2)oc2c(-c4cc(C(C)C)ccn4)[c-]ccc23)c(C)c1.[Ir]. The van der Waals surface area contributed by atoms with Crippen LogP contribution >= 0.6 is 0 Å². The summed E-state index contributed by atoms with van der Waals surface area (Å²) < 4.78 is 6.43. The van der Waals surface area contributed by atoms with Crippen LogP contribution in [0.25, 0.3) is 66.7 Å². The Hall–Kier alpha value is -4.93. The Bertz CT molecular complexity index is 2630. The van der Waals surface area contributed by atoms with Crippen LogP contribution < -0.4 is 5.19 Å². The second-order valence-electron chi connectivity index (χ2n) is 16.7. The molecule has 0 atom stereocenters. The standard InChI is InChI=1S/C29H26NO.C23H26NSi.Ir/c1-17(2)21-11-12-30-26(15-21)25-8-6-7-24-23-10-9-22(16-27(23)31-29(24)25)28-19(4)13-18(3)14-20(28)5;1-17(2)21-15-22(24-16-23(21)25(3,4)5)20-13-11-19(12-14-20)18-9-7-6-8-10-18;/h6-7,9-17H,1-5H3;6-13,15-17H,1-5H3;/q2*-1;. The number of hydrogen-bond acceptors (Lipinski definition) is 3. The van der Waals surface area contributed by atoms with E-state index in [2.05, 4.69) is 188 Å². The number of aromatic nitrogens is 2. The molecule has 0 aliphatic rings. The van der Waals surface area contributed by atoms with E-state index >= 15 is 0 Å². The van der Waals surface area contributed by atoms with Crippen LogP contribution in [0.3, 0.4) is 0 Å². The third kappa shape index (κ3) is 8.97. The summed E-state index contributed by atoms with van der Waals surface area (Å²) in [5.74, 6) is 0.951. The Labute approximate surface area is 354 Å². The number of hydrogen-bond donors (Lipinski definition) is 0. The van der Waals surface area contributed by atoms with Crippen LogP contribution in [0.4, 0.5) is 0 Å². The van der Waals surface area contributed by atoms with E-state index in [0.717, 1.165) is 44.5 Å². The van der Waals surface area contributed by atoms with Gasteiger partial charge in [-0.25, -0.2) is 0 Å². The number of aryl methyl sites for hydroxylation is 3. The first-order chi connectivity index (χ1) is 26.8. The Morgan fingerprint density at radius 2 is 1.37 bits per heavy atom. The molecule has 0 bridgehead atoms. The largest absolute Gasteiger partial charge is 0.501 e. The Morgan fingerprint density at radius 3 is 2.02 bits per heavy atom. The van der Waals surface area contributed by atoms with E-state index in [4.69, 9.17) is 9.40 Å². The molecule has 3 heterocycles. The van der Waals surface area contributed by atoms with Crippen molar-refractivity contribution in [1.29, 1.82) is 0 Å². The zero-order valence-electron chi connectivity index (χ0n) is 34.8. The van der Waals surface area contributed by atoms with Crippen molar-refractivity contribution in [2.45, 2.75) is 79.9 Å². The van der Waals surface area contributed by atoms with Crippen LogP contribution in [0.15, 0.2) is 126 Å². The molecule has 291 valence electrons. The molecule has 3 nitrogen and oxygen atoms in total. The normalized spacial score (nSPS) is 11.5. The molecule has 5 aromatic carbocycles. The van der Waals surface area contributed by atoms with Gasteiger partial charge in [-0.1, -0.05) is 153 Å². The van der Waals surface area contributed by atoms with Crippen LogP contribution in [0.1, 0.15) is 67.3 Å². The minimum absolute atomic E-state index is 0. The number of furan rings is 1. The van der Waals surface area contributed by atoms with Gasteiger partial charge in [0.2, 0.25) is 0 Å². The summed E-state index contributed by atoms with van der Waals surface area (Å²) in [5, 5.41) is 3.69. The van der Waals surface area contributed by atoms with Gasteiger partial charge in [0, 0.05) is 37.9 Å². The number of pyridine rings is 2. The van der Waals surface area contributed by atoms with Gasteiger partial charge in [-0.2, -0.15) is 0 Å². The van der Waals surface area contributed by atoms with Gasteiger partial charge in [0.1, 0.15) is 5.58 Å². The second-order valence-corrected chi connectivity index (χ2v) is 21.8. The summed E-state index contributed by atoms with van der Waals surface area (Å²) in [6.07, 6.45) is 3.98. The molecule has 0 fully saturated rings. The molecule has 5 heteroatoms. The first-order valence-corrected chi connectivity index (χ1v) is 23.3. The Kier molecular flexibility index (Phi) is 12.6. The maximum absolute atomic E-state index is 6.43. The maximum Gasteiger partial charge on any atom is 0.121 e. The molecule has 0 saturated heterocycles. The van der Waals surface area contributed by atoms with Gasteiger partial charge >= 0.3 is 0 Å². The second kappa shape index (κ2) is 17.3. The first kappa shape index (κ1) is 41.7. The molecular weight excluding hydrogens is 889 g/mol. The predicted molar refractivity (Wildman–Crippen MR) is 241 cm³/mol. The van der Waals surface area contributed by atoms with E-state index in [9.17, 15) is 0 Å². The van der Waals surface area contributed by atoms with Crippen LogP contribution in [-0.2, 0) is 20.1 Å². The molecule has 0 amide bonds. The monoisotopic (exact) mass is 941 g/mol. The fraction of sp³-hybridized carbons (Fsp3) is 0.231. The summed E-state index contributed by atoms with van der Waals surface area (Å²) in [5.41, 5.74) is 17.1. The smallest absolute Gasteiger partial charge is 0.121 e. The van der Waals surface area contributed by atoms with Crippen molar-refractivity contribution in [2.24, 2.45) is 0 Å². The van der Waals surface area contributed by atoms with Gasteiger partial charge in [0.25, 0.3) is 0 Å². The van der Waals surface area contributed by atoms with Gasteiger partial charge in [-0.15, -0.1) is 48.0 Å². The van der Waals surface area contributed by atoms with E-state index in [1.54, 1.807) is 0 Å². The average molecular weight is 941 g/mol. The summed E-state index contributed by atoms with van der Waals surface area (Å²) in [4.78, 5) is 9.38. The number of nitrogens with zero attached hydrogens (tertiary/aromatic N) is 2. The molecule has 0 unspecified atom stereocenters. The molecule has 0 saturated carbocycles. The van der Waals surface area contributed by atoms with Crippen molar-refractivity contribution >= 4 is 35.2 Å². The van der Waals surface area contributed by atoms with Crippen molar-refractivity contribution in [2.75, 3.05) is 0 Å². The molecule has 0 N–H and O–H groups in total. The van der Waals surface area contributed by atoms with Crippen molar-refractivity contribution in [1.82, 2.24) is 9.97 Å². The minimum atomic E-state index is -1.39. The quantitative estimate of drug-likeness (QED) is 0.118. The molecule has 0 aliphatic heterocycles. The van der Waals surface area contributed by atoms with Crippen LogP contribution in [0.5, 0.6) is 0 Å². The fourth-order valence-corrected chi connectivity index (χ4v) is 9.46. The molecule has 8 rings (SSSR count). The molecule has 8 aromatic rings. The van der Waals surface area contributed by atoms with Crippen molar-refractivity contribution < 1.29 is 24.5 Å². The molecular formula is C52H52IrN2OSi-2. The average Bonchev–Trinajstić information content (AvgIpc) is 3.56. The van der Waals surface area contributed by atoms with Gasteiger partial charge in [0.05, 0.1) is 13.7 Å². The van der Waals surface area contributed by atoms with Crippen molar-refractivity contribution in [3.63, 3.8) is 0 Å². The van der Waals surface area contributed by atoms with E-state index < -0.39 is 8.07 Å². The number of benzene rings is 5. The van der Waals surface area contributed by atoms with Gasteiger partial charge in [-0.3, -0.25) is 0 Å². The summed E-state index contributed by atoms with van der Waals surface area (Å²) in [6.45, 7) is 22.6. The topological polar surface area (TPSA) is 38.9 Å². The Morgan fingerprint density at radius 1 is 0.649 bits per heavy atom. The van der Waals surface area contributed by atoms with Gasteiger partial charge in [-0.05, 0) is 83.6 Å². The van der Waals surface area contributed by atoms with Gasteiger partial charge < -0.3 is 14.4 Å². The van der Waals surface area contributed by atoms with Crippen molar-refractivity contribution in [3.05, 3.63) is 162 Å². The predicted octanol–water partition coefficient (Wildman–Crippen LogP) is 14.0. The third-order valence-corrected chi connectivity index (χ3v) is 12.7. The zero-order valence-corrected chi connectivity index (χ0v) is 38.2. The molecule has 0 aliphatic carbocycles. The molecule has 1 radical (unpaired) electrons. The minimum Gasteiger partial charge on any atom is -0.501 e. The third-order valence-electron chi connectivity index (χ3n) is 10.7. The fourth-order valence-electron chi connectivity index (χ4n) is 7.78. The molecule has 57 heavy (non-hydrogen) atoms. The van der Waals surface area contributed by atoms with E-state index in [0.29, 0.717) is 11.8 Å². The van der Waals surface area contributed by atoms with Crippen molar-refractivity contribution in [3.8, 4) is 44.8 Å². The van der Waals surface area contributed by atoms with E-state index in [1.807, 2.05) is 18.3 Å². The molecule has 3 aromatic heterocycles. The van der Waals surface area contributed by atoms with E-state index in [1.165, 1.54) is 55.3 Å². The molecule has 0 spiro atoms. The van der Waals surface area contributed by atoms with Crippen LogP contribution in [0.2, 0.25) is 19.6 Å². The number of rotatable bonds is 7. The van der Waals surface area contributed by atoms with Crippen LogP contribution in [0, 0.1) is 32.9 Å².